The minimum Gasteiger partial charge on any atom is -0.371 e. The van der Waals surface area contributed by atoms with Crippen molar-refractivity contribution in [1.82, 2.24) is 5.48 Å². The van der Waals surface area contributed by atoms with E-state index in [0.29, 0.717) is 13.0 Å². The Labute approximate surface area is 49.0 Å². The first kappa shape index (κ1) is 7.43. The van der Waals surface area contributed by atoms with E-state index in [4.69, 9.17) is 0 Å². The van der Waals surface area contributed by atoms with Crippen LogP contribution in [0, 0.1) is 6.92 Å². The Morgan fingerprint density at radius 1 is 1.88 bits per heavy atom. The molecule has 0 aromatic carbocycles. The fourth-order valence-corrected chi connectivity index (χ4v) is 0.204. The van der Waals surface area contributed by atoms with Crippen molar-refractivity contribution in [3.8, 4) is 0 Å². The normalized spacial score (nSPS) is 8.75. The molecule has 47 valence electrons. The third-order valence-electron chi connectivity index (χ3n) is 0.577. The van der Waals surface area contributed by atoms with E-state index in [1.807, 2.05) is 0 Å². The summed E-state index contributed by atoms with van der Waals surface area (Å²) in [5.41, 5.74) is 2.34. The fourth-order valence-electron chi connectivity index (χ4n) is 0.204. The molecule has 0 atom stereocenters. The molecule has 0 spiro atoms. The first-order chi connectivity index (χ1) is 3.81. The van der Waals surface area contributed by atoms with Crippen molar-refractivity contribution >= 4 is 5.97 Å². The predicted molar refractivity (Wildman–Crippen MR) is 29.7 cm³/mol. The smallest absolute Gasteiger partial charge is 0.324 e. The monoisotopic (exact) mass is 116 g/mol. The second-order valence-electron chi connectivity index (χ2n) is 1.22. The molecule has 0 fully saturated rings. The van der Waals surface area contributed by atoms with Gasteiger partial charge in [-0.15, -0.1) is 0 Å². The highest BCUT2D eigenvalue weighted by Gasteiger charge is 1.93. The average Bonchev–Trinajstić information content (AvgIpc) is 1.83. The molecular formula is C5H10NO2. The summed E-state index contributed by atoms with van der Waals surface area (Å²) in [4.78, 5) is 14.6. The summed E-state index contributed by atoms with van der Waals surface area (Å²) in [6.45, 7) is 5.54. The molecule has 0 heterocycles. The van der Waals surface area contributed by atoms with E-state index in [-0.39, 0.29) is 5.97 Å². The Morgan fingerprint density at radius 3 is 2.88 bits per heavy atom. The summed E-state index contributed by atoms with van der Waals surface area (Å²) >= 11 is 0. The number of carbonyl (C=O) groups is 1. The molecule has 1 N–H and O–H groups in total. The van der Waals surface area contributed by atoms with Crippen LogP contribution in [0.25, 0.3) is 0 Å². The topological polar surface area (TPSA) is 38.3 Å². The molecular weight excluding hydrogens is 106 g/mol. The molecule has 0 aliphatic carbocycles. The van der Waals surface area contributed by atoms with Gasteiger partial charge >= 0.3 is 5.97 Å². The van der Waals surface area contributed by atoms with E-state index in [0.717, 1.165) is 0 Å². The van der Waals surface area contributed by atoms with Crippen molar-refractivity contribution in [3.05, 3.63) is 6.92 Å². The lowest BCUT2D eigenvalue weighted by Crippen LogP contribution is -2.18. The number of hydrogen-bond donors (Lipinski definition) is 1. The van der Waals surface area contributed by atoms with Crippen LogP contribution in [-0.2, 0) is 9.63 Å². The van der Waals surface area contributed by atoms with Crippen LogP contribution < -0.4 is 5.48 Å². The first-order valence-corrected chi connectivity index (χ1v) is 2.53. The molecule has 3 heteroatoms. The van der Waals surface area contributed by atoms with E-state index in [1.54, 1.807) is 6.92 Å². The summed E-state index contributed by atoms with van der Waals surface area (Å²) in [6, 6.07) is 0. The SMILES string of the molecule is [CH2]CNOC(=O)CC. The molecule has 0 amide bonds. The average molecular weight is 116 g/mol. The standard InChI is InChI=1S/C5H10NO2/c1-3-5(7)8-6-4-2/h6H,2-4H2,1H3. The number of hydroxylamine groups is 1. The van der Waals surface area contributed by atoms with E-state index in [9.17, 15) is 4.79 Å². The van der Waals surface area contributed by atoms with Crippen molar-refractivity contribution in [3.63, 3.8) is 0 Å². The van der Waals surface area contributed by atoms with Crippen LogP contribution in [0.5, 0.6) is 0 Å². The van der Waals surface area contributed by atoms with Gasteiger partial charge in [0.2, 0.25) is 0 Å². The number of hydrogen-bond acceptors (Lipinski definition) is 3. The predicted octanol–water partition coefficient (Wildman–Crippen LogP) is 0.278. The zero-order chi connectivity index (χ0) is 6.41. The van der Waals surface area contributed by atoms with Crippen LogP contribution in [-0.4, -0.2) is 12.5 Å². The molecule has 1 radical (unpaired) electrons. The van der Waals surface area contributed by atoms with Crippen LogP contribution in [0.1, 0.15) is 13.3 Å². The molecule has 0 rings (SSSR count). The lowest BCUT2D eigenvalue weighted by molar-refractivity contribution is -0.150. The molecule has 0 unspecified atom stereocenters. The Kier molecular flexibility index (Phi) is 4.26. The second kappa shape index (κ2) is 4.59. The van der Waals surface area contributed by atoms with Gasteiger partial charge in [0.15, 0.2) is 0 Å². The highest BCUT2D eigenvalue weighted by molar-refractivity contribution is 5.68. The second-order valence-corrected chi connectivity index (χ2v) is 1.22. The maximum atomic E-state index is 10.3. The molecule has 0 aliphatic rings. The van der Waals surface area contributed by atoms with Crippen molar-refractivity contribution < 1.29 is 9.63 Å². The van der Waals surface area contributed by atoms with Gasteiger partial charge < -0.3 is 4.84 Å². The van der Waals surface area contributed by atoms with Gasteiger partial charge in [0.1, 0.15) is 0 Å². The van der Waals surface area contributed by atoms with Gasteiger partial charge in [-0.05, 0) is 6.92 Å². The molecule has 8 heavy (non-hydrogen) atoms. The minimum absolute atomic E-state index is 0.256. The molecule has 0 bridgehead atoms. The summed E-state index contributed by atoms with van der Waals surface area (Å²) in [5, 5.41) is 0. The summed E-state index contributed by atoms with van der Waals surface area (Å²) in [6.07, 6.45) is 0.396. The molecule has 3 nitrogen and oxygen atoms in total. The van der Waals surface area contributed by atoms with Gasteiger partial charge in [0, 0.05) is 13.0 Å². The number of rotatable bonds is 3. The van der Waals surface area contributed by atoms with Crippen LogP contribution in [0.15, 0.2) is 0 Å². The molecule has 0 saturated carbocycles. The van der Waals surface area contributed by atoms with Crippen molar-refractivity contribution in [1.29, 1.82) is 0 Å². The first-order valence-electron chi connectivity index (χ1n) is 2.53. The quantitative estimate of drug-likeness (QED) is 0.538. The zero-order valence-electron chi connectivity index (χ0n) is 4.94. The van der Waals surface area contributed by atoms with Gasteiger partial charge in [-0.3, -0.25) is 4.79 Å². The van der Waals surface area contributed by atoms with E-state index in [1.165, 1.54) is 0 Å². The third kappa shape index (κ3) is 3.61. The van der Waals surface area contributed by atoms with Gasteiger partial charge in [-0.1, -0.05) is 6.92 Å². The lowest BCUT2D eigenvalue weighted by Gasteiger charge is -1.98. The highest BCUT2D eigenvalue weighted by Crippen LogP contribution is 1.77. The van der Waals surface area contributed by atoms with Gasteiger partial charge in [0.05, 0.1) is 0 Å². The Bertz CT molecular complexity index is 72.8. The largest absolute Gasteiger partial charge is 0.371 e. The Balaban J connectivity index is 2.99. The van der Waals surface area contributed by atoms with Crippen LogP contribution in [0.3, 0.4) is 0 Å². The minimum atomic E-state index is -0.256. The molecule has 0 aliphatic heterocycles. The van der Waals surface area contributed by atoms with E-state index < -0.39 is 0 Å². The molecule has 0 aromatic heterocycles. The Morgan fingerprint density at radius 2 is 2.50 bits per heavy atom. The van der Waals surface area contributed by atoms with Crippen molar-refractivity contribution in [2.24, 2.45) is 0 Å². The highest BCUT2D eigenvalue weighted by atomic mass is 16.7. The van der Waals surface area contributed by atoms with E-state index in [2.05, 4.69) is 17.2 Å². The van der Waals surface area contributed by atoms with E-state index >= 15 is 0 Å². The van der Waals surface area contributed by atoms with Crippen molar-refractivity contribution in [2.75, 3.05) is 6.54 Å². The fraction of sp³-hybridized carbons (Fsp3) is 0.600. The van der Waals surface area contributed by atoms with Crippen molar-refractivity contribution in [2.45, 2.75) is 13.3 Å². The van der Waals surface area contributed by atoms with Gasteiger partial charge in [-0.2, -0.15) is 5.48 Å². The molecule has 0 aromatic rings. The van der Waals surface area contributed by atoms with Crippen LogP contribution >= 0.6 is 0 Å². The maximum Gasteiger partial charge on any atom is 0.324 e. The lowest BCUT2D eigenvalue weighted by atomic mass is 10.5. The van der Waals surface area contributed by atoms with Crippen LogP contribution in [0.4, 0.5) is 0 Å². The summed E-state index contributed by atoms with van der Waals surface area (Å²) < 4.78 is 0. The number of nitrogens with one attached hydrogen (secondary N) is 1. The summed E-state index contributed by atoms with van der Waals surface area (Å²) in [7, 11) is 0. The number of carbonyl (C=O) groups excluding carboxylic acids is 1. The van der Waals surface area contributed by atoms with Gasteiger partial charge in [-0.25, -0.2) is 0 Å². The zero-order valence-corrected chi connectivity index (χ0v) is 4.94. The van der Waals surface area contributed by atoms with Crippen LogP contribution in [0.2, 0.25) is 0 Å². The van der Waals surface area contributed by atoms with Gasteiger partial charge in [0.25, 0.3) is 0 Å². The Hall–Kier alpha value is -0.570. The third-order valence-corrected chi connectivity index (χ3v) is 0.577. The molecule has 0 saturated heterocycles. The maximum absolute atomic E-state index is 10.3. The summed E-state index contributed by atoms with van der Waals surface area (Å²) in [5.74, 6) is -0.256.